The SMILES string of the molecule is [Cl][Zr]([Cl])=[B]N(c1ccccc1)c1ccccc1.c1cc[cH-]c1.c1cc[cH-]c1. The van der Waals surface area contributed by atoms with E-state index in [-0.39, 0.29) is 0 Å². The maximum Gasteiger partial charge on any atom is -0.172 e. The van der Waals surface area contributed by atoms with Gasteiger partial charge in [0.25, 0.3) is 0 Å². The summed E-state index contributed by atoms with van der Waals surface area (Å²) in [6.45, 7) is 0. The molecule has 0 radical (unpaired) electrons. The van der Waals surface area contributed by atoms with Gasteiger partial charge in [-0.1, -0.05) is 0 Å². The molecule has 0 atom stereocenters. The molecule has 0 unspecified atom stereocenters. The molecular weight excluding hydrogens is 451 g/mol. The molecule has 0 aliphatic carbocycles. The number of rotatable bonds is 3. The molecule has 4 aromatic carbocycles. The molecule has 0 amide bonds. The van der Waals surface area contributed by atoms with E-state index < -0.39 is 18.6 Å². The Hall–Kier alpha value is -1.53. The zero-order chi connectivity index (χ0) is 19.2. The zero-order valence-corrected chi connectivity index (χ0v) is 18.8. The quantitative estimate of drug-likeness (QED) is 0.228. The van der Waals surface area contributed by atoms with Gasteiger partial charge in [0.05, 0.1) is 0 Å². The van der Waals surface area contributed by atoms with Crippen molar-refractivity contribution in [2.75, 3.05) is 4.81 Å². The molecule has 136 valence electrons. The number of anilines is 2. The van der Waals surface area contributed by atoms with Crippen LogP contribution >= 0.6 is 17.0 Å². The standard InChI is InChI=1S/C12H10BN.2C5H5.2ClH.Zr/c13-14(11-7-3-1-4-8-11)12-9-5-2-6-10-12;2*1-2-4-5-3-1;;;/h1-10H;2*1-5H;2*1H;/q;2*-1;;;+2/p-2. The third kappa shape index (κ3) is 9.29. The van der Waals surface area contributed by atoms with Crippen LogP contribution in [0, 0.1) is 0 Å². The molecule has 0 aliphatic heterocycles. The number of hydrogen-bond donors (Lipinski definition) is 0. The minimum atomic E-state index is -2.35. The fourth-order valence-corrected chi connectivity index (χ4v) is 4.58. The largest absolute Gasteiger partial charge is 0.214 e. The molecule has 0 N–H and O–H groups in total. The van der Waals surface area contributed by atoms with Crippen molar-refractivity contribution >= 4 is 32.9 Å². The predicted octanol–water partition coefficient (Wildman–Crippen LogP) is 7.10. The van der Waals surface area contributed by atoms with Gasteiger partial charge in [0.2, 0.25) is 0 Å². The van der Waals surface area contributed by atoms with Crippen LogP contribution in [0.2, 0.25) is 0 Å². The van der Waals surface area contributed by atoms with Crippen molar-refractivity contribution in [2.45, 2.75) is 0 Å². The maximum absolute atomic E-state index is 6.04. The molecule has 0 saturated heterocycles. The van der Waals surface area contributed by atoms with Gasteiger partial charge in [0.1, 0.15) is 0 Å². The molecule has 0 bridgehead atoms. The number of benzene rings is 2. The minimum Gasteiger partial charge on any atom is -0.214 e. The van der Waals surface area contributed by atoms with Crippen LogP contribution in [0.15, 0.2) is 121 Å². The second kappa shape index (κ2) is 13.6. The summed E-state index contributed by atoms with van der Waals surface area (Å²) in [6, 6.07) is 40.2. The van der Waals surface area contributed by atoms with Crippen LogP contribution in [0.25, 0.3) is 0 Å². The number of nitrogens with zero attached hydrogens (tertiary/aromatic N) is 1. The summed E-state index contributed by atoms with van der Waals surface area (Å²) < 4.78 is 1.97. The average Bonchev–Trinajstić information content (AvgIpc) is 3.46. The van der Waals surface area contributed by atoms with Crippen LogP contribution in [-0.2, 0) is 18.6 Å². The molecule has 0 spiro atoms. The number of hydrogen-bond acceptors (Lipinski definition) is 1. The summed E-state index contributed by atoms with van der Waals surface area (Å²) in [5.74, 6) is 0. The predicted molar refractivity (Wildman–Crippen MR) is 117 cm³/mol. The normalized spacial score (nSPS) is 8.96. The first kappa shape index (κ1) is 21.8. The Morgan fingerprint density at radius 2 is 0.963 bits per heavy atom. The molecule has 0 fully saturated rings. The topological polar surface area (TPSA) is 3.24 Å². The molecule has 0 aromatic heterocycles. The Morgan fingerprint density at radius 1 is 0.593 bits per heavy atom. The van der Waals surface area contributed by atoms with Crippen LogP contribution in [-0.4, -0.2) is 4.51 Å². The van der Waals surface area contributed by atoms with Gasteiger partial charge in [-0.25, -0.2) is 24.3 Å². The van der Waals surface area contributed by atoms with Crippen LogP contribution in [0.4, 0.5) is 11.4 Å². The molecule has 0 heterocycles. The molecule has 0 aliphatic rings. The summed E-state index contributed by atoms with van der Waals surface area (Å²) in [5.41, 5.74) is 2.16. The number of para-hydroxylation sites is 2. The van der Waals surface area contributed by atoms with Crippen LogP contribution in [0.5, 0.6) is 0 Å². The van der Waals surface area contributed by atoms with Crippen molar-refractivity contribution in [1.82, 2.24) is 0 Å². The Labute approximate surface area is 176 Å². The van der Waals surface area contributed by atoms with E-state index in [9.17, 15) is 0 Å². The Morgan fingerprint density at radius 3 is 1.22 bits per heavy atom. The van der Waals surface area contributed by atoms with E-state index in [4.69, 9.17) is 17.0 Å². The van der Waals surface area contributed by atoms with Crippen molar-refractivity contribution < 1.29 is 18.6 Å². The van der Waals surface area contributed by atoms with Crippen LogP contribution in [0.1, 0.15) is 0 Å². The first-order chi connectivity index (χ1) is 13.3. The van der Waals surface area contributed by atoms with Gasteiger partial charge < -0.3 is 0 Å². The third-order valence-corrected chi connectivity index (χ3v) is 5.68. The van der Waals surface area contributed by atoms with Gasteiger partial charge in [0, 0.05) is 0 Å². The van der Waals surface area contributed by atoms with Crippen molar-refractivity contribution in [2.24, 2.45) is 0 Å². The fraction of sp³-hybridized carbons (Fsp3) is 0. The van der Waals surface area contributed by atoms with Crippen molar-refractivity contribution in [3.05, 3.63) is 121 Å². The third-order valence-electron chi connectivity index (χ3n) is 3.41. The van der Waals surface area contributed by atoms with Gasteiger partial charge in [-0.05, 0) is 0 Å². The smallest absolute Gasteiger partial charge is 0.172 e. The molecule has 0 saturated carbocycles. The van der Waals surface area contributed by atoms with Gasteiger partial charge >= 0.3 is 117 Å². The fourth-order valence-electron chi connectivity index (χ4n) is 2.21. The molecule has 4 rings (SSSR count). The van der Waals surface area contributed by atoms with E-state index in [0.717, 1.165) is 11.4 Å². The zero-order valence-electron chi connectivity index (χ0n) is 14.8. The summed E-state index contributed by atoms with van der Waals surface area (Å²) >= 11 is -2.35. The second-order valence-electron chi connectivity index (χ2n) is 5.38. The maximum atomic E-state index is 6.04. The van der Waals surface area contributed by atoms with E-state index in [1.54, 1.807) is 0 Å². The average molecular weight is 471 g/mol. The van der Waals surface area contributed by atoms with Crippen molar-refractivity contribution in [3.8, 4) is 0 Å². The van der Waals surface area contributed by atoms with E-state index in [0.29, 0.717) is 0 Å². The summed E-state index contributed by atoms with van der Waals surface area (Å²) in [6.07, 6.45) is 0. The monoisotopic (exact) mass is 469 g/mol. The summed E-state index contributed by atoms with van der Waals surface area (Å²) in [7, 11) is 12.1. The van der Waals surface area contributed by atoms with E-state index in [2.05, 4.69) is 4.81 Å². The molecule has 4 aromatic rings. The second-order valence-corrected chi connectivity index (χ2v) is 13.4. The van der Waals surface area contributed by atoms with E-state index >= 15 is 0 Å². The Kier molecular flexibility index (Phi) is 11.0. The molecule has 5 heteroatoms. The van der Waals surface area contributed by atoms with Gasteiger partial charge in [-0.3, -0.25) is 0 Å². The van der Waals surface area contributed by atoms with Gasteiger partial charge in [0.15, 0.2) is 0 Å². The van der Waals surface area contributed by atoms with Crippen molar-refractivity contribution in [1.29, 1.82) is 0 Å². The first-order valence-corrected chi connectivity index (χ1v) is 16.3. The first-order valence-electron chi connectivity index (χ1n) is 8.53. The minimum absolute atomic E-state index is 1.08. The van der Waals surface area contributed by atoms with Gasteiger partial charge in [-0.2, -0.15) is 36.4 Å². The molecule has 1 nitrogen and oxygen atoms in total. The number of halogens is 2. The van der Waals surface area contributed by atoms with Crippen molar-refractivity contribution in [3.63, 3.8) is 0 Å². The van der Waals surface area contributed by atoms with E-state index in [1.165, 1.54) is 0 Å². The summed E-state index contributed by atoms with van der Waals surface area (Å²) in [5, 5.41) is 0. The molecule has 27 heavy (non-hydrogen) atoms. The van der Waals surface area contributed by atoms with Gasteiger partial charge in [-0.15, -0.1) is 0 Å². The van der Waals surface area contributed by atoms with E-state index in [1.807, 2.05) is 126 Å². The Balaban J connectivity index is 0.000000210. The Bertz CT molecular complexity index is 744. The summed E-state index contributed by atoms with van der Waals surface area (Å²) in [4.78, 5) is 2.06. The van der Waals surface area contributed by atoms with Crippen LogP contribution in [0.3, 0.4) is 0 Å². The van der Waals surface area contributed by atoms with Crippen LogP contribution < -0.4 is 4.81 Å². The molecular formula is C22H20BCl2NZr-2.